The fourth-order valence-corrected chi connectivity index (χ4v) is 3.06. The Balaban J connectivity index is 0.000000193. The fourth-order valence-electron chi connectivity index (χ4n) is 3.06. The van der Waals surface area contributed by atoms with E-state index < -0.39 is 0 Å². The normalized spacial score (nSPS) is 9.94. The lowest BCUT2D eigenvalue weighted by atomic mass is 10.0. The summed E-state index contributed by atoms with van der Waals surface area (Å²) in [7, 11) is 0. The summed E-state index contributed by atoms with van der Waals surface area (Å²) in [5, 5.41) is 9.10. The molecule has 0 saturated heterocycles. The highest BCUT2D eigenvalue weighted by atomic mass is 16.5. The number of rotatable bonds is 4. The van der Waals surface area contributed by atoms with E-state index in [1.54, 1.807) is 43.3 Å². The second-order valence-electron chi connectivity index (χ2n) is 7.16. The molecule has 0 aliphatic carbocycles. The van der Waals surface area contributed by atoms with E-state index in [9.17, 15) is 9.59 Å². The summed E-state index contributed by atoms with van der Waals surface area (Å²) in [5.41, 5.74) is 5.01. The molecule has 0 radical (unpaired) electrons. The number of phenols is 1. The van der Waals surface area contributed by atoms with E-state index in [2.05, 4.69) is 0 Å². The van der Waals surface area contributed by atoms with Crippen molar-refractivity contribution >= 4 is 11.8 Å². The minimum absolute atomic E-state index is 0.0526. The number of carbonyl (C=O) groups is 2. The third kappa shape index (κ3) is 6.41. The lowest BCUT2D eigenvalue weighted by molar-refractivity contribution is -0.131. The van der Waals surface area contributed by atoms with Gasteiger partial charge in [0, 0.05) is 12.5 Å². The zero-order valence-electron chi connectivity index (χ0n) is 18.0. The molecule has 0 bridgehead atoms. The highest BCUT2D eigenvalue weighted by Gasteiger charge is 2.02. The smallest absolute Gasteiger partial charge is 0.308 e. The third-order valence-corrected chi connectivity index (χ3v) is 4.72. The first-order valence-corrected chi connectivity index (χ1v) is 10.2. The van der Waals surface area contributed by atoms with Crippen molar-refractivity contribution in [3.63, 3.8) is 0 Å². The summed E-state index contributed by atoms with van der Waals surface area (Å²) in [6, 6.07) is 31.9. The molecular weight excluding hydrogens is 400 g/mol. The van der Waals surface area contributed by atoms with Gasteiger partial charge in [-0.25, -0.2) is 0 Å². The molecule has 4 rings (SSSR count). The molecule has 0 aliphatic heterocycles. The molecule has 0 unspecified atom stereocenters. The van der Waals surface area contributed by atoms with E-state index in [0.29, 0.717) is 17.1 Å². The summed E-state index contributed by atoms with van der Waals surface area (Å²) in [6.45, 7) is 2.91. The van der Waals surface area contributed by atoms with E-state index >= 15 is 0 Å². The van der Waals surface area contributed by atoms with Crippen molar-refractivity contribution in [2.75, 3.05) is 0 Å². The predicted octanol–water partition coefficient (Wildman–Crippen LogP) is 6.54. The van der Waals surface area contributed by atoms with Crippen LogP contribution in [0.4, 0.5) is 0 Å². The number of hydrogen-bond acceptors (Lipinski definition) is 4. The van der Waals surface area contributed by atoms with Crippen LogP contribution in [0.5, 0.6) is 11.5 Å². The van der Waals surface area contributed by atoms with Crippen LogP contribution in [0.25, 0.3) is 22.3 Å². The quantitative estimate of drug-likeness (QED) is 0.229. The molecule has 0 spiro atoms. The Morgan fingerprint density at radius 1 is 0.594 bits per heavy atom. The van der Waals surface area contributed by atoms with Gasteiger partial charge in [-0.2, -0.15) is 0 Å². The summed E-state index contributed by atoms with van der Waals surface area (Å²) < 4.78 is 4.97. The standard InChI is InChI=1S/C16H14O3.C12H10O/c1-11(17)13-3-5-14(6-4-13)15-7-9-16(10-8-15)19-12(2)18;13-12-8-6-11(7-9-12)10-4-2-1-3-5-10/h3-10H,1-2H3;1-9,13H. The van der Waals surface area contributed by atoms with Crippen LogP contribution < -0.4 is 4.74 Å². The van der Waals surface area contributed by atoms with Gasteiger partial charge in [-0.3, -0.25) is 9.59 Å². The monoisotopic (exact) mass is 424 g/mol. The summed E-state index contributed by atoms with van der Waals surface area (Å²) in [4.78, 5) is 22.0. The first kappa shape index (κ1) is 22.5. The minimum atomic E-state index is -0.335. The Hall–Kier alpha value is -4.18. The van der Waals surface area contributed by atoms with E-state index in [0.717, 1.165) is 16.7 Å². The van der Waals surface area contributed by atoms with Gasteiger partial charge in [0.1, 0.15) is 11.5 Å². The first-order valence-electron chi connectivity index (χ1n) is 10.2. The number of hydrogen-bond donors (Lipinski definition) is 1. The van der Waals surface area contributed by atoms with Crippen LogP contribution in [0, 0.1) is 0 Å². The van der Waals surface area contributed by atoms with Gasteiger partial charge in [0.15, 0.2) is 5.78 Å². The Kier molecular flexibility index (Phi) is 7.55. The molecule has 32 heavy (non-hydrogen) atoms. The molecule has 4 aromatic rings. The number of ether oxygens (including phenoxy) is 1. The van der Waals surface area contributed by atoms with Crippen molar-refractivity contribution in [2.45, 2.75) is 13.8 Å². The first-order chi connectivity index (χ1) is 15.4. The number of Topliss-reactive ketones (excluding diaryl/α,β-unsaturated/α-hetero) is 1. The number of phenolic OH excluding ortho intramolecular Hbond substituents is 1. The van der Waals surface area contributed by atoms with Gasteiger partial charge >= 0.3 is 5.97 Å². The van der Waals surface area contributed by atoms with Gasteiger partial charge < -0.3 is 9.84 Å². The maximum absolute atomic E-state index is 11.2. The highest BCUT2D eigenvalue weighted by Crippen LogP contribution is 2.23. The zero-order chi connectivity index (χ0) is 22.9. The third-order valence-electron chi connectivity index (χ3n) is 4.72. The second kappa shape index (κ2) is 10.7. The molecule has 0 saturated carbocycles. The Morgan fingerprint density at radius 3 is 1.50 bits per heavy atom. The molecular formula is C28H24O4. The molecule has 4 aromatic carbocycles. The van der Waals surface area contributed by atoms with Crippen molar-refractivity contribution in [3.05, 3.63) is 109 Å². The molecule has 0 aliphatic rings. The number of benzene rings is 4. The zero-order valence-corrected chi connectivity index (χ0v) is 18.0. The molecule has 4 heteroatoms. The van der Waals surface area contributed by atoms with Gasteiger partial charge in [-0.1, -0.05) is 78.9 Å². The van der Waals surface area contributed by atoms with Crippen LogP contribution in [0.3, 0.4) is 0 Å². The van der Waals surface area contributed by atoms with Gasteiger partial charge in [0.05, 0.1) is 0 Å². The molecule has 1 N–H and O–H groups in total. The fraction of sp³-hybridized carbons (Fsp3) is 0.0714. The largest absolute Gasteiger partial charge is 0.508 e. The van der Waals surface area contributed by atoms with Gasteiger partial charge in [-0.15, -0.1) is 0 Å². The lowest BCUT2D eigenvalue weighted by Crippen LogP contribution is -2.00. The predicted molar refractivity (Wildman–Crippen MR) is 127 cm³/mol. The number of ketones is 1. The molecule has 0 heterocycles. The van der Waals surface area contributed by atoms with Gasteiger partial charge in [-0.05, 0) is 53.4 Å². The Bertz CT molecular complexity index is 1160. The maximum Gasteiger partial charge on any atom is 0.308 e. The van der Waals surface area contributed by atoms with Crippen molar-refractivity contribution in [1.29, 1.82) is 0 Å². The molecule has 0 amide bonds. The van der Waals surface area contributed by atoms with Crippen LogP contribution in [-0.4, -0.2) is 16.9 Å². The van der Waals surface area contributed by atoms with E-state index in [4.69, 9.17) is 9.84 Å². The summed E-state index contributed by atoms with van der Waals surface area (Å²) >= 11 is 0. The average molecular weight is 424 g/mol. The van der Waals surface area contributed by atoms with Gasteiger partial charge in [0.25, 0.3) is 0 Å². The highest BCUT2D eigenvalue weighted by molar-refractivity contribution is 5.94. The van der Waals surface area contributed by atoms with Crippen molar-refractivity contribution < 1.29 is 19.4 Å². The minimum Gasteiger partial charge on any atom is -0.508 e. The van der Waals surface area contributed by atoms with Crippen molar-refractivity contribution in [2.24, 2.45) is 0 Å². The average Bonchev–Trinajstić information content (AvgIpc) is 2.81. The SMILES string of the molecule is CC(=O)Oc1ccc(-c2ccc(C(C)=O)cc2)cc1.Oc1ccc(-c2ccccc2)cc1. The van der Waals surface area contributed by atoms with Gasteiger partial charge in [0.2, 0.25) is 0 Å². The summed E-state index contributed by atoms with van der Waals surface area (Å²) in [5.74, 6) is 0.548. The van der Waals surface area contributed by atoms with Crippen LogP contribution in [0.15, 0.2) is 103 Å². The van der Waals surface area contributed by atoms with Crippen LogP contribution in [0.2, 0.25) is 0 Å². The second-order valence-corrected chi connectivity index (χ2v) is 7.16. The maximum atomic E-state index is 11.2. The van der Waals surface area contributed by atoms with Crippen LogP contribution in [-0.2, 0) is 4.79 Å². The molecule has 0 aromatic heterocycles. The van der Waals surface area contributed by atoms with E-state index in [-0.39, 0.29) is 11.8 Å². The molecule has 0 fully saturated rings. The Labute approximate surface area is 187 Å². The lowest BCUT2D eigenvalue weighted by Gasteiger charge is -2.05. The number of esters is 1. The molecule has 4 nitrogen and oxygen atoms in total. The number of aromatic hydroxyl groups is 1. The van der Waals surface area contributed by atoms with Crippen LogP contribution in [0.1, 0.15) is 24.2 Å². The topological polar surface area (TPSA) is 63.6 Å². The van der Waals surface area contributed by atoms with E-state index in [1.807, 2.05) is 66.7 Å². The van der Waals surface area contributed by atoms with E-state index in [1.165, 1.54) is 12.5 Å². The van der Waals surface area contributed by atoms with Crippen LogP contribution >= 0.6 is 0 Å². The molecule has 160 valence electrons. The Morgan fingerprint density at radius 2 is 1.03 bits per heavy atom. The summed E-state index contributed by atoms with van der Waals surface area (Å²) in [6.07, 6.45) is 0. The van der Waals surface area contributed by atoms with Crippen molar-refractivity contribution in [1.82, 2.24) is 0 Å². The van der Waals surface area contributed by atoms with Crippen molar-refractivity contribution in [3.8, 4) is 33.8 Å². The molecule has 0 atom stereocenters. The number of carbonyl (C=O) groups excluding carboxylic acids is 2.